The van der Waals surface area contributed by atoms with Gasteiger partial charge in [-0.05, 0) is 18.9 Å². The molecule has 134 valence electrons. The van der Waals surface area contributed by atoms with E-state index in [2.05, 4.69) is 0 Å². The molecule has 0 radical (unpaired) electrons. The van der Waals surface area contributed by atoms with Crippen LogP contribution in [0.2, 0.25) is 0 Å². The van der Waals surface area contributed by atoms with E-state index in [9.17, 15) is 20.1 Å². The van der Waals surface area contributed by atoms with Gasteiger partial charge in [-0.1, -0.05) is 13.0 Å². The van der Waals surface area contributed by atoms with Gasteiger partial charge in [-0.15, -0.1) is 0 Å². The molecular weight excluding hydrogens is 316 g/mol. The summed E-state index contributed by atoms with van der Waals surface area (Å²) in [6.45, 7) is 5.08. The SMILES string of the molecule is CC(=O)O[C@@H]1C[C@@]2(C)C3(CO3)[C@@H]1O[C@@H]1C=C(C)[C@@H](O)[C@@H](O)[C@@]12CO. The minimum absolute atomic E-state index is 0.360. The third-order valence-electron chi connectivity index (χ3n) is 6.91. The van der Waals surface area contributed by atoms with Crippen molar-refractivity contribution in [1.29, 1.82) is 0 Å². The van der Waals surface area contributed by atoms with E-state index in [4.69, 9.17) is 14.2 Å². The first-order chi connectivity index (χ1) is 11.2. The molecule has 24 heavy (non-hydrogen) atoms. The fraction of sp³-hybridized carbons (Fsp3) is 0.824. The zero-order valence-electron chi connectivity index (χ0n) is 14.1. The second-order valence-corrected chi connectivity index (χ2v) is 7.84. The topological polar surface area (TPSA) is 109 Å². The summed E-state index contributed by atoms with van der Waals surface area (Å²) in [7, 11) is 0. The van der Waals surface area contributed by atoms with Crippen LogP contribution in [0.25, 0.3) is 0 Å². The third-order valence-corrected chi connectivity index (χ3v) is 6.91. The van der Waals surface area contributed by atoms with Crippen molar-refractivity contribution in [1.82, 2.24) is 0 Å². The summed E-state index contributed by atoms with van der Waals surface area (Å²) in [5.41, 5.74) is -1.91. The fourth-order valence-corrected chi connectivity index (χ4v) is 5.46. The lowest BCUT2D eigenvalue weighted by Crippen LogP contribution is -2.71. The zero-order chi connectivity index (χ0) is 17.5. The van der Waals surface area contributed by atoms with Gasteiger partial charge in [0, 0.05) is 12.3 Å². The van der Waals surface area contributed by atoms with Crippen molar-refractivity contribution in [3.05, 3.63) is 11.6 Å². The Morgan fingerprint density at radius 1 is 1.46 bits per heavy atom. The number of epoxide rings is 1. The van der Waals surface area contributed by atoms with Crippen molar-refractivity contribution in [2.75, 3.05) is 13.2 Å². The van der Waals surface area contributed by atoms with Gasteiger partial charge in [0.15, 0.2) is 0 Å². The number of aliphatic hydroxyl groups is 3. The van der Waals surface area contributed by atoms with Gasteiger partial charge in [0.25, 0.3) is 0 Å². The fourth-order valence-electron chi connectivity index (χ4n) is 5.46. The summed E-state index contributed by atoms with van der Waals surface area (Å²) in [5.74, 6) is -0.399. The first kappa shape index (κ1) is 16.5. The van der Waals surface area contributed by atoms with Crippen LogP contribution in [0.5, 0.6) is 0 Å². The molecular formula is C17H24O7. The molecule has 2 bridgehead atoms. The van der Waals surface area contributed by atoms with Crippen LogP contribution in [0.15, 0.2) is 11.6 Å². The Kier molecular flexibility index (Phi) is 3.29. The minimum Gasteiger partial charge on any atom is -0.460 e. The summed E-state index contributed by atoms with van der Waals surface area (Å²) < 4.78 is 17.5. The molecule has 3 N–H and O–H groups in total. The van der Waals surface area contributed by atoms with Gasteiger partial charge in [0.05, 0.1) is 30.8 Å². The monoisotopic (exact) mass is 340 g/mol. The molecule has 2 aliphatic carbocycles. The highest BCUT2D eigenvalue weighted by molar-refractivity contribution is 5.66. The highest BCUT2D eigenvalue weighted by Gasteiger charge is 2.83. The average molecular weight is 340 g/mol. The molecule has 2 aliphatic heterocycles. The second kappa shape index (κ2) is 4.80. The maximum absolute atomic E-state index is 11.5. The molecule has 3 fully saturated rings. The van der Waals surface area contributed by atoms with E-state index in [1.807, 2.05) is 6.92 Å². The Morgan fingerprint density at radius 2 is 2.12 bits per heavy atom. The van der Waals surface area contributed by atoms with Crippen LogP contribution in [0.4, 0.5) is 0 Å². The van der Waals surface area contributed by atoms with Gasteiger partial charge in [-0.3, -0.25) is 4.79 Å². The van der Waals surface area contributed by atoms with Crippen LogP contribution in [0.3, 0.4) is 0 Å². The zero-order valence-corrected chi connectivity index (χ0v) is 14.1. The van der Waals surface area contributed by atoms with E-state index in [0.29, 0.717) is 18.6 Å². The van der Waals surface area contributed by atoms with Gasteiger partial charge in [0.1, 0.15) is 23.9 Å². The van der Waals surface area contributed by atoms with Crippen LogP contribution in [0.1, 0.15) is 27.2 Å². The van der Waals surface area contributed by atoms with Gasteiger partial charge < -0.3 is 29.5 Å². The number of fused-ring (bicyclic) bond motifs is 2. The number of carbonyl (C=O) groups is 1. The lowest BCUT2D eigenvalue weighted by Gasteiger charge is -2.59. The number of esters is 1. The van der Waals surface area contributed by atoms with Crippen LogP contribution < -0.4 is 0 Å². The van der Waals surface area contributed by atoms with Gasteiger partial charge in [-0.2, -0.15) is 0 Å². The lowest BCUT2D eigenvalue weighted by atomic mass is 9.50. The molecule has 0 aromatic rings. The summed E-state index contributed by atoms with van der Waals surface area (Å²) in [5, 5.41) is 31.6. The van der Waals surface area contributed by atoms with Crippen molar-refractivity contribution < 1.29 is 34.3 Å². The standard InChI is InChI=1S/C17H24O7/c1-8-4-11-16(6-18,13(21)12(8)20)15(3)5-10(23-9(2)19)14(24-11)17(15)7-22-17/h4,10-14,18,20-21H,5-7H2,1-3H3/t10-,11-,12-,13-,14-,15-,16-,17?/m1/s1. The number of rotatable bonds is 2. The molecule has 2 saturated heterocycles. The molecule has 0 amide bonds. The molecule has 0 aromatic heterocycles. The Labute approximate surface area is 140 Å². The molecule has 4 aliphatic rings. The third kappa shape index (κ3) is 1.62. The van der Waals surface area contributed by atoms with E-state index in [1.165, 1.54) is 6.92 Å². The van der Waals surface area contributed by atoms with Crippen molar-refractivity contribution in [2.45, 2.75) is 63.3 Å². The van der Waals surface area contributed by atoms with Crippen molar-refractivity contribution in [2.24, 2.45) is 10.8 Å². The molecule has 0 aromatic carbocycles. The lowest BCUT2D eigenvalue weighted by molar-refractivity contribution is -0.262. The first-order valence-electron chi connectivity index (χ1n) is 8.35. The summed E-state index contributed by atoms with van der Waals surface area (Å²) in [6, 6.07) is 0. The van der Waals surface area contributed by atoms with Crippen LogP contribution in [0, 0.1) is 10.8 Å². The predicted octanol–water partition coefficient (Wildman–Crippen LogP) is -0.475. The molecule has 8 atom stereocenters. The Morgan fingerprint density at radius 3 is 2.67 bits per heavy atom. The number of carbonyl (C=O) groups excluding carboxylic acids is 1. The highest BCUT2D eigenvalue weighted by atomic mass is 16.7. The number of hydrogen-bond acceptors (Lipinski definition) is 7. The first-order valence-corrected chi connectivity index (χ1v) is 8.35. The molecule has 1 saturated carbocycles. The quantitative estimate of drug-likeness (QED) is 0.354. The van der Waals surface area contributed by atoms with Gasteiger partial charge in [0.2, 0.25) is 0 Å². The van der Waals surface area contributed by atoms with Crippen LogP contribution in [-0.4, -0.2) is 70.6 Å². The number of aliphatic hydroxyl groups excluding tert-OH is 3. The highest BCUT2D eigenvalue weighted by Crippen LogP contribution is 2.71. The smallest absolute Gasteiger partial charge is 0.302 e. The number of hydrogen-bond donors (Lipinski definition) is 3. The molecule has 7 heteroatoms. The largest absolute Gasteiger partial charge is 0.460 e. The van der Waals surface area contributed by atoms with Gasteiger partial charge in [-0.25, -0.2) is 0 Å². The van der Waals surface area contributed by atoms with E-state index < -0.39 is 52.9 Å². The van der Waals surface area contributed by atoms with E-state index >= 15 is 0 Å². The minimum atomic E-state index is -1.19. The second-order valence-electron chi connectivity index (χ2n) is 7.84. The maximum Gasteiger partial charge on any atom is 0.302 e. The molecule has 1 spiro atoms. The van der Waals surface area contributed by atoms with E-state index in [1.54, 1.807) is 13.0 Å². The predicted molar refractivity (Wildman–Crippen MR) is 80.9 cm³/mol. The maximum atomic E-state index is 11.5. The van der Waals surface area contributed by atoms with Crippen LogP contribution in [-0.2, 0) is 19.0 Å². The molecule has 4 rings (SSSR count). The van der Waals surface area contributed by atoms with E-state index in [0.717, 1.165) is 0 Å². The summed E-state index contributed by atoms with van der Waals surface area (Å²) in [6.07, 6.45) is -1.61. The Bertz CT molecular complexity index is 612. The Balaban J connectivity index is 1.86. The van der Waals surface area contributed by atoms with Gasteiger partial charge >= 0.3 is 5.97 Å². The van der Waals surface area contributed by atoms with E-state index in [-0.39, 0.29) is 6.61 Å². The number of ether oxygens (including phenoxy) is 3. The van der Waals surface area contributed by atoms with Crippen molar-refractivity contribution >= 4 is 5.97 Å². The summed E-state index contributed by atoms with van der Waals surface area (Å²) >= 11 is 0. The normalized spacial score (nSPS) is 55.1. The summed E-state index contributed by atoms with van der Waals surface area (Å²) in [4.78, 5) is 11.5. The molecule has 1 unspecified atom stereocenters. The average Bonchev–Trinajstić information content (AvgIpc) is 3.27. The van der Waals surface area contributed by atoms with Crippen LogP contribution >= 0.6 is 0 Å². The van der Waals surface area contributed by atoms with Crippen molar-refractivity contribution in [3.63, 3.8) is 0 Å². The molecule has 2 heterocycles. The van der Waals surface area contributed by atoms with Crippen molar-refractivity contribution in [3.8, 4) is 0 Å². The molecule has 7 nitrogen and oxygen atoms in total. The Hall–Kier alpha value is -0.990.